The largest absolute Gasteiger partial charge is 0.369 e. The number of primary amides is 1. The van der Waals surface area contributed by atoms with Crippen molar-refractivity contribution in [2.24, 2.45) is 11.7 Å². The molecule has 0 unspecified atom stereocenters. The summed E-state index contributed by atoms with van der Waals surface area (Å²) in [5, 5.41) is 3.94. The number of piperidine rings is 1. The van der Waals surface area contributed by atoms with Crippen LogP contribution in [0.1, 0.15) is 31.4 Å². The molecule has 0 saturated carbocycles. The molecule has 4 N–H and O–H groups in total. The van der Waals surface area contributed by atoms with Gasteiger partial charge in [-0.2, -0.15) is 0 Å². The standard InChI is InChI=1S/C16H21Cl2N3O2/c1-10(12-2-3-13(17)14(18)8-12)20-15(22)9-21-6-4-11(5-7-21)16(19)23/h2-3,8,10-11H,4-7,9H2,1H3,(H2,19,23)(H,20,22)/p+1/t10-/m0/s1. The van der Waals surface area contributed by atoms with Gasteiger partial charge in [0.05, 0.1) is 29.2 Å². The van der Waals surface area contributed by atoms with Crippen LogP contribution in [-0.4, -0.2) is 31.4 Å². The van der Waals surface area contributed by atoms with Crippen molar-refractivity contribution < 1.29 is 14.5 Å². The van der Waals surface area contributed by atoms with Gasteiger partial charge < -0.3 is 16.0 Å². The minimum absolute atomic E-state index is 0.0175. The summed E-state index contributed by atoms with van der Waals surface area (Å²) in [6.07, 6.45) is 1.50. The lowest BCUT2D eigenvalue weighted by Crippen LogP contribution is -3.14. The highest BCUT2D eigenvalue weighted by atomic mass is 35.5. The molecule has 1 heterocycles. The molecule has 2 rings (SSSR count). The molecule has 0 aliphatic carbocycles. The summed E-state index contributed by atoms with van der Waals surface area (Å²) in [6, 6.07) is 5.20. The Morgan fingerprint density at radius 3 is 2.52 bits per heavy atom. The maximum absolute atomic E-state index is 12.2. The van der Waals surface area contributed by atoms with Crippen LogP contribution in [0.3, 0.4) is 0 Å². The van der Waals surface area contributed by atoms with Gasteiger partial charge in [-0.15, -0.1) is 0 Å². The van der Waals surface area contributed by atoms with Gasteiger partial charge in [0.15, 0.2) is 6.54 Å². The molecule has 0 bridgehead atoms. The van der Waals surface area contributed by atoms with E-state index in [4.69, 9.17) is 28.9 Å². The third kappa shape index (κ3) is 5.09. The van der Waals surface area contributed by atoms with Crippen molar-refractivity contribution >= 4 is 35.0 Å². The lowest BCUT2D eigenvalue weighted by atomic mass is 9.96. The van der Waals surface area contributed by atoms with Gasteiger partial charge in [0.1, 0.15) is 0 Å². The molecule has 1 fully saturated rings. The number of quaternary nitrogens is 1. The Morgan fingerprint density at radius 1 is 1.30 bits per heavy atom. The van der Waals surface area contributed by atoms with Crippen LogP contribution in [-0.2, 0) is 9.59 Å². The summed E-state index contributed by atoms with van der Waals surface area (Å²) in [4.78, 5) is 24.5. The Hall–Kier alpha value is -1.30. The van der Waals surface area contributed by atoms with Crippen molar-refractivity contribution in [2.45, 2.75) is 25.8 Å². The number of benzene rings is 1. The molecule has 1 atom stereocenters. The number of halogens is 2. The summed E-state index contributed by atoms with van der Waals surface area (Å²) in [5.74, 6) is -0.296. The molecule has 7 heteroatoms. The van der Waals surface area contributed by atoms with Gasteiger partial charge in [0.2, 0.25) is 5.91 Å². The normalized spacial score (nSPS) is 22.4. The maximum atomic E-state index is 12.2. The minimum atomic E-state index is -0.234. The maximum Gasteiger partial charge on any atom is 0.275 e. The van der Waals surface area contributed by atoms with Gasteiger partial charge in [-0.25, -0.2) is 0 Å². The van der Waals surface area contributed by atoms with Crippen LogP contribution in [0.5, 0.6) is 0 Å². The summed E-state index contributed by atoms with van der Waals surface area (Å²) in [6.45, 7) is 3.90. The number of nitrogens with two attached hydrogens (primary N) is 1. The quantitative estimate of drug-likeness (QED) is 0.732. The molecular formula is C16H22Cl2N3O2+. The fourth-order valence-electron chi connectivity index (χ4n) is 2.87. The number of nitrogens with one attached hydrogen (secondary N) is 2. The molecule has 1 aromatic rings. The van der Waals surface area contributed by atoms with Gasteiger partial charge in [-0.05, 0) is 24.6 Å². The summed E-state index contributed by atoms with van der Waals surface area (Å²) >= 11 is 11.9. The van der Waals surface area contributed by atoms with Crippen molar-refractivity contribution in [2.75, 3.05) is 19.6 Å². The van der Waals surface area contributed by atoms with Crippen molar-refractivity contribution in [1.29, 1.82) is 0 Å². The molecule has 23 heavy (non-hydrogen) atoms. The zero-order valence-electron chi connectivity index (χ0n) is 13.1. The van der Waals surface area contributed by atoms with Gasteiger partial charge in [-0.3, -0.25) is 9.59 Å². The Labute approximate surface area is 146 Å². The third-order valence-corrected chi connectivity index (χ3v) is 5.07. The SMILES string of the molecule is C[C@H](NC(=O)C[NH+]1CCC(C(N)=O)CC1)c1ccc(Cl)c(Cl)c1. The molecule has 0 spiro atoms. The average Bonchev–Trinajstić information content (AvgIpc) is 2.50. The molecule has 5 nitrogen and oxygen atoms in total. The number of hydrogen-bond donors (Lipinski definition) is 3. The lowest BCUT2D eigenvalue weighted by Gasteiger charge is -2.27. The molecule has 1 aliphatic heterocycles. The first-order chi connectivity index (χ1) is 10.9. The van der Waals surface area contributed by atoms with Crippen LogP contribution in [0.2, 0.25) is 10.0 Å². The van der Waals surface area contributed by atoms with Crippen molar-refractivity contribution in [3.8, 4) is 0 Å². The fourth-order valence-corrected chi connectivity index (χ4v) is 3.18. The highest BCUT2D eigenvalue weighted by Gasteiger charge is 2.27. The lowest BCUT2D eigenvalue weighted by molar-refractivity contribution is -0.897. The molecule has 2 amide bonds. The summed E-state index contributed by atoms with van der Waals surface area (Å²) < 4.78 is 0. The third-order valence-electron chi connectivity index (χ3n) is 4.33. The highest BCUT2D eigenvalue weighted by Crippen LogP contribution is 2.25. The van der Waals surface area contributed by atoms with Gasteiger partial charge in [-0.1, -0.05) is 29.3 Å². The van der Waals surface area contributed by atoms with Crippen molar-refractivity contribution in [3.05, 3.63) is 33.8 Å². The van der Waals surface area contributed by atoms with E-state index in [1.165, 1.54) is 4.90 Å². The first kappa shape index (κ1) is 18.0. The van der Waals surface area contributed by atoms with Crippen molar-refractivity contribution in [3.63, 3.8) is 0 Å². The summed E-state index contributed by atoms with van der Waals surface area (Å²) in [5.41, 5.74) is 6.23. The van der Waals surface area contributed by atoms with E-state index in [0.29, 0.717) is 16.6 Å². The second kappa shape index (κ2) is 7.99. The predicted octanol–water partition coefficient (Wildman–Crippen LogP) is 0.951. The van der Waals surface area contributed by atoms with Gasteiger partial charge >= 0.3 is 0 Å². The van der Waals surface area contributed by atoms with Crippen LogP contribution in [0.4, 0.5) is 0 Å². The zero-order chi connectivity index (χ0) is 17.0. The van der Waals surface area contributed by atoms with Gasteiger partial charge in [0.25, 0.3) is 5.91 Å². The van der Waals surface area contributed by atoms with Gasteiger partial charge in [0, 0.05) is 18.8 Å². The second-order valence-electron chi connectivity index (χ2n) is 6.07. The number of carbonyl (C=O) groups is 2. The monoisotopic (exact) mass is 358 g/mol. The Kier molecular flexibility index (Phi) is 6.27. The first-order valence-corrected chi connectivity index (χ1v) is 8.49. The fraction of sp³-hybridized carbons (Fsp3) is 0.500. The van der Waals surface area contributed by atoms with Crippen LogP contribution in [0.15, 0.2) is 18.2 Å². The molecular weight excluding hydrogens is 337 g/mol. The Bertz CT molecular complexity index is 587. The van der Waals surface area contributed by atoms with E-state index in [-0.39, 0.29) is 23.8 Å². The van der Waals surface area contributed by atoms with E-state index >= 15 is 0 Å². The van der Waals surface area contributed by atoms with Crippen LogP contribution < -0.4 is 16.0 Å². The molecule has 1 aromatic carbocycles. The zero-order valence-corrected chi connectivity index (χ0v) is 14.6. The molecule has 1 saturated heterocycles. The Morgan fingerprint density at radius 2 is 1.96 bits per heavy atom. The second-order valence-corrected chi connectivity index (χ2v) is 6.88. The molecule has 0 aromatic heterocycles. The molecule has 1 aliphatic rings. The van der Waals surface area contributed by atoms with Crippen LogP contribution in [0, 0.1) is 5.92 Å². The van der Waals surface area contributed by atoms with Crippen LogP contribution >= 0.6 is 23.2 Å². The van der Waals surface area contributed by atoms with E-state index in [0.717, 1.165) is 31.5 Å². The van der Waals surface area contributed by atoms with E-state index in [9.17, 15) is 9.59 Å². The number of amides is 2. The van der Waals surface area contributed by atoms with E-state index < -0.39 is 0 Å². The summed E-state index contributed by atoms with van der Waals surface area (Å²) in [7, 11) is 0. The van der Waals surface area contributed by atoms with E-state index in [1.807, 2.05) is 13.0 Å². The van der Waals surface area contributed by atoms with Crippen molar-refractivity contribution in [1.82, 2.24) is 5.32 Å². The number of carbonyl (C=O) groups excluding carboxylic acids is 2. The minimum Gasteiger partial charge on any atom is -0.369 e. The number of likely N-dealkylation sites (tertiary alicyclic amines) is 1. The van der Waals surface area contributed by atoms with E-state index in [1.54, 1.807) is 12.1 Å². The first-order valence-electron chi connectivity index (χ1n) is 7.74. The molecule has 126 valence electrons. The highest BCUT2D eigenvalue weighted by molar-refractivity contribution is 6.42. The predicted molar refractivity (Wildman–Crippen MR) is 90.5 cm³/mol. The average molecular weight is 359 g/mol. The smallest absolute Gasteiger partial charge is 0.275 e. The van der Waals surface area contributed by atoms with E-state index in [2.05, 4.69) is 5.32 Å². The Balaban J connectivity index is 1.82. The topological polar surface area (TPSA) is 76.6 Å². The van der Waals surface area contributed by atoms with Crippen LogP contribution in [0.25, 0.3) is 0 Å². The number of rotatable bonds is 5. The number of hydrogen-bond acceptors (Lipinski definition) is 2. The molecule has 0 radical (unpaired) electrons.